The molecule has 1 aliphatic rings. The largest absolute Gasteiger partial charge is 0.370 e. The van der Waals surface area contributed by atoms with Crippen LogP contribution >= 0.6 is 24.0 Å². The van der Waals surface area contributed by atoms with Gasteiger partial charge in [0.2, 0.25) is 0 Å². The first-order valence-corrected chi connectivity index (χ1v) is 7.02. The number of rotatable bonds is 5. The quantitative estimate of drug-likeness (QED) is 0.362. The molecule has 0 spiro atoms. The summed E-state index contributed by atoms with van der Waals surface area (Å²) in [6, 6.07) is 0.631. The average molecular weight is 391 g/mol. The maximum Gasteiger partial charge on any atom is 0.191 e. The van der Waals surface area contributed by atoms with Crippen LogP contribution < -0.4 is 5.73 Å². The van der Waals surface area contributed by atoms with Gasteiger partial charge >= 0.3 is 0 Å². The molecule has 1 saturated carbocycles. The van der Waals surface area contributed by atoms with Gasteiger partial charge in [-0.1, -0.05) is 0 Å². The van der Waals surface area contributed by atoms with Gasteiger partial charge in [-0.3, -0.25) is 9.67 Å². The number of aliphatic imine (C=N–C) groups is 1. The van der Waals surface area contributed by atoms with E-state index in [1.807, 2.05) is 18.8 Å². The second-order valence-corrected chi connectivity index (χ2v) is 5.46. The van der Waals surface area contributed by atoms with E-state index >= 15 is 0 Å². The average Bonchev–Trinajstić information content (AvgIpc) is 3.17. The van der Waals surface area contributed by atoms with Crippen LogP contribution in [0.3, 0.4) is 0 Å². The zero-order valence-corrected chi connectivity index (χ0v) is 15.2. The van der Waals surface area contributed by atoms with Crippen molar-refractivity contribution in [2.75, 3.05) is 13.6 Å². The fourth-order valence-electron chi connectivity index (χ4n) is 2.39. The van der Waals surface area contributed by atoms with Crippen LogP contribution in [0.2, 0.25) is 0 Å². The van der Waals surface area contributed by atoms with Crippen molar-refractivity contribution in [3.05, 3.63) is 17.0 Å². The summed E-state index contributed by atoms with van der Waals surface area (Å²) in [4.78, 5) is 6.56. The Balaban J connectivity index is 0.00000200. The van der Waals surface area contributed by atoms with Crippen LogP contribution in [0.4, 0.5) is 0 Å². The summed E-state index contributed by atoms with van der Waals surface area (Å²) in [5.74, 6) is 0.683. The normalized spacial score (nSPS) is 15.1. The van der Waals surface area contributed by atoms with Gasteiger partial charge in [0.1, 0.15) is 0 Å². The Bertz CT molecular complexity index is 476. The molecule has 0 amide bonds. The summed E-state index contributed by atoms with van der Waals surface area (Å²) in [6.07, 6.45) is 4.55. The smallest absolute Gasteiger partial charge is 0.191 e. The van der Waals surface area contributed by atoms with Crippen molar-refractivity contribution in [1.29, 1.82) is 0 Å². The van der Waals surface area contributed by atoms with E-state index in [4.69, 9.17) is 5.73 Å². The summed E-state index contributed by atoms with van der Waals surface area (Å²) in [6.45, 7) is 4.98. The summed E-state index contributed by atoms with van der Waals surface area (Å²) >= 11 is 0. The molecule has 0 radical (unpaired) electrons. The van der Waals surface area contributed by atoms with Crippen molar-refractivity contribution >= 4 is 29.9 Å². The van der Waals surface area contributed by atoms with Crippen LogP contribution in [0.5, 0.6) is 0 Å². The molecule has 1 heterocycles. The van der Waals surface area contributed by atoms with Crippen LogP contribution in [-0.4, -0.2) is 40.3 Å². The third-order valence-electron chi connectivity index (χ3n) is 3.97. The number of halogens is 1. The lowest BCUT2D eigenvalue weighted by atomic mass is 10.1. The zero-order chi connectivity index (χ0) is 14.0. The summed E-state index contributed by atoms with van der Waals surface area (Å²) in [5, 5.41) is 4.43. The van der Waals surface area contributed by atoms with Crippen molar-refractivity contribution < 1.29 is 0 Å². The molecule has 5 nitrogen and oxygen atoms in total. The van der Waals surface area contributed by atoms with Crippen LogP contribution in [-0.2, 0) is 13.5 Å². The first-order chi connectivity index (χ1) is 9.00. The number of nitrogens with two attached hydrogens (primary N) is 1. The molecule has 2 rings (SSSR count). The number of hydrogen-bond donors (Lipinski definition) is 1. The SMILES string of the molecule is Cc1nn(C)c(C)c1CCCN=C(N)N(C)C1CC1.I. The fraction of sp³-hybridized carbons (Fsp3) is 0.714. The number of guanidine groups is 1. The number of hydrogen-bond acceptors (Lipinski definition) is 2. The second kappa shape index (κ2) is 7.28. The molecule has 1 aliphatic carbocycles. The lowest BCUT2D eigenvalue weighted by Gasteiger charge is -2.16. The molecule has 6 heteroatoms. The Morgan fingerprint density at radius 3 is 2.60 bits per heavy atom. The van der Waals surface area contributed by atoms with E-state index in [0.29, 0.717) is 12.0 Å². The van der Waals surface area contributed by atoms with E-state index in [2.05, 4.69) is 28.8 Å². The van der Waals surface area contributed by atoms with Crippen LogP contribution in [0, 0.1) is 13.8 Å². The summed E-state index contributed by atoms with van der Waals surface area (Å²) in [5.41, 5.74) is 9.70. The van der Waals surface area contributed by atoms with Gasteiger partial charge in [0, 0.05) is 32.4 Å². The van der Waals surface area contributed by atoms with E-state index in [1.54, 1.807) is 0 Å². The third-order valence-corrected chi connectivity index (χ3v) is 3.97. The molecular weight excluding hydrogens is 365 g/mol. The van der Waals surface area contributed by atoms with E-state index in [-0.39, 0.29) is 24.0 Å². The van der Waals surface area contributed by atoms with E-state index in [0.717, 1.165) is 25.1 Å². The summed E-state index contributed by atoms with van der Waals surface area (Å²) < 4.78 is 1.95. The lowest BCUT2D eigenvalue weighted by molar-refractivity contribution is 0.487. The standard InChI is InChI=1S/C14H25N5.HI/c1-10-13(11(2)19(4)17-10)6-5-9-16-14(15)18(3)12-7-8-12;/h12H,5-9H2,1-4H3,(H2,15,16);1H. The van der Waals surface area contributed by atoms with Gasteiger partial charge in [0.15, 0.2) is 5.96 Å². The van der Waals surface area contributed by atoms with E-state index in [1.165, 1.54) is 24.1 Å². The van der Waals surface area contributed by atoms with E-state index in [9.17, 15) is 0 Å². The van der Waals surface area contributed by atoms with Crippen LogP contribution in [0.15, 0.2) is 4.99 Å². The Morgan fingerprint density at radius 1 is 1.45 bits per heavy atom. The third kappa shape index (κ3) is 4.10. The number of aryl methyl sites for hydroxylation is 2. The predicted molar refractivity (Wildman–Crippen MR) is 93.7 cm³/mol. The molecule has 0 atom stereocenters. The van der Waals surface area contributed by atoms with Crippen LogP contribution in [0.1, 0.15) is 36.2 Å². The highest BCUT2D eigenvalue weighted by Gasteiger charge is 2.27. The monoisotopic (exact) mass is 391 g/mol. The molecule has 0 unspecified atom stereocenters. The molecular formula is C14H26IN5. The van der Waals surface area contributed by atoms with Gasteiger partial charge in [-0.05, 0) is 45.1 Å². The number of aromatic nitrogens is 2. The highest BCUT2D eigenvalue weighted by Crippen LogP contribution is 2.24. The van der Waals surface area contributed by atoms with Gasteiger partial charge < -0.3 is 10.6 Å². The first-order valence-electron chi connectivity index (χ1n) is 7.02. The summed E-state index contributed by atoms with van der Waals surface area (Å²) in [7, 11) is 4.03. The van der Waals surface area contributed by atoms with E-state index < -0.39 is 0 Å². The fourth-order valence-corrected chi connectivity index (χ4v) is 2.39. The second-order valence-electron chi connectivity index (χ2n) is 5.46. The number of nitrogens with zero attached hydrogens (tertiary/aromatic N) is 4. The molecule has 0 bridgehead atoms. The minimum atomic E-state index is 0. The molecule has 114 valence electrons. The molecule has 20 heavy (non-hydrogen) atoms. The van der Waals surface area contributed by atoms with Gasteiger partial charge in [-0.2, -0.15) is 5.10 Å². The van der Waals surface area contributed by atoms with Crippen molar-refractivity contribution in [2.45, 2.75) is 45.6 Å². The van der Waals surface area contributed by atoms with Gasteiger partial charge in [-0.25, -0.2) is 0 Å². The van der Waals surface area contributed by atoms with Crippen molar-refractivity contribution in [2.24, 2.45) is 17.8 Å². The van der Waals surface area contributed by atoms with Gasteiger partial charge in [0.05, 0.1) is 5.69 Å². The van der Waals surface area contributed by atoms with Gasteiger partial charge in [-0.15, -0.1) is 24.0 Å². The Kier molecular flexibility index (Phi) is 6.29. The topological polar surface area (TPSA) is 59.4 Å². The molecule has 0 aromatic carbocycles. The minimum absolute atomic E-state index is 0. The maximum absolute atomic E-state index is 5.96. The van der Waals surface area contributed by atoms with Gasteiger partial charge in [0.25, 0.3) is 0 Å². The highest BCUT2D eigenvalue weighted by molar-refractivity contribution is 14.0. The molecule has 2 N–H and O–H groups in total. The van der Waals surface area contributed by atoms with Crippen LogP contribution in [0.25, 0.3) is 0 Å². The maximum atomic E-state index is 5.96. The molecule has 1 aromatic heterocycles. The molecule has 1 aromatic rings. The zero-order valence-electron chi connectivity index (χ0n) is 12.9. The predicted octanol–water partition coefficient (Wildman–Crippen LogP) is 2.00. The lowest BCUT2D eigenvalue weighted by Crippen LogP contribution is -2.35. The first kappa shape index (κ1) is 17.3. The molecule has 0 saturated heterocycles. The minimum Gasteiger partial charge on any atom is -0.370 e. The Morgan fingerprint density at radius 2 is 2.10 bits per heavy atom. The Labute approximate surface area is 138 Å². The van der Waals surface area contributed by atoms with Crippen molar-refractivity contribution in [1.82, 2.24) is 14.7 Å². The highest BCUT2D eigenvalue weighted by atomic mass is 127. The van der Waals surface area contributed by atoms with Crippen molar-refractivity contribution in [3.8, 4) is 0 Å². The van der Waals surface area contributed by atoms with Crippen molar-refractivity contribution in [3.63, 3.8) is 0 Å². The molecule has 1 fully saturated rings. The molecule has 0 aliphatic heterocycles. The Hall–Kier alpha value is -0.790.